The van der Waals surface area contributed by atoms with Gasteiger partial charge in [0.05, 0.1) is 17.4 Å². The van der Waals surface area contributed by atoms with Crippen LogP contribution in [0.25, 0.3) is 27.7 Å². The normalized spacial score (nSPS) is 14.5. The first-order valence-electron chi connectivity index (χ1n) is 11.1. The molecule has 10 heteroatoms. The fourth-order valence-corrected chi connectivity index (χ4v) is 4.19. The number of rotatable bonds is 5. The maximum absolute atomic E-state index is 14.7. The van der Waals surface area contributed by atoms with Crippen molar-refractivity contribution in [2.45, 2.75) is 6.92 Å². The Kier molecular flexibility index (Phi) is 5.66. The zero-order valence-corrected chi connectivity index (χ0v) is 19.5. The van der Waals surface area contributed by atoms with Crippen LogP contribution in [0.1, 0.15) is 12.6 Å². The van der Waals surface area contributed by atoms with Crippen LogP contribution < -0.4 is 10.2 Å². The van der Waals surface area contributed by atoms with Gasteiger partial charge in [0.2, 0.25) is 5.95 Å². The van der Waals surface area contributed by atoms with Gasteiger partial charge in [0.15, 0.2) is 17.5 Å². The van der Waals surface area contributed by atoms with Crippen LogP contribution in [0.3, 0.4) is 0 Å². The zero-order valence-electron chi connectivity index (χ0n) is 19.5. The van der Waals surface area contributed by atoms with Crippen molar-refractivity contribution in [3.8, 4) is 11.3 Å². The van der Waals surface area contributed by atoms with Gasteiger partial charge in [-0.3, -0.25) is 4.68 Å². The van der Waals surface area contributed by atoms with Crippen LogP contribution in [0.2, 0.25) is 0 Å². The van der Waals surface area contributed by atoms with Crippen molar-refractivity contribution < 1.29 is 4.39 Å². The summed E-state index contributed by atoms with van der Waals surface area (Å²) < 4.78 is 16.5. The third kappa shape index (κ3) is 4.19. The van der Waals surface area contributed by atoms with Crippen molar-refractivity contribution in [2.24, 2.45) is 7.05 Å². The van der Waals surface area contributed by atoms with Gasteiger partial charge in [0, 0.05) is 44.2 Å². The van der Waals surface area contributed by atoms with E-state index in [1.165, 1.54) is 0 Å². The third-order valence-corrected chi connectivity index (χ3v) is 5.97. The average molecular weight is 460 g/mol. The Morgan fingerprint density at radius 3 is 2.56 bits per heavy atom. The summed E-state index contributed by atoms with van der Waals surface area (Å²) in [5, 5.41) is 17.0. The van der Waals surface area contributed by atoms with E-state index in [1.54, 1.807) is 10.7 Å². The largest absolute Gasteiger partial charge is 0.353 e. The van der Waals surface area contributed by atoms with E-state index < -0.39 is 5.82 Å². The molecule has 1 fully saturated rings. The maximum Gasteiger partial charge on any atom is 0.229 e. The minimum Gasteiger partial charge on any atom is -0.353 e. The summed E-state index contributed by atoms with van der Waals surface area (Å²) in [6, 6.07) is 9.28. The molecule has 0 aliphatic carbocycles. The molecule has 1 aliphatic rings. The number of likely N-dealkylation sites (N-methyl/N-ethyl adjacent to an activating group) is 1. The topological polar surface area (TPSA) is 87.9 Å². The Morgan fingerprint density at radius 2 is 1.85 bits per heavy atom. The smallest absolute Gasteiger partial charge is 0.229 e. The molecule has 9 nitrogen and oxygen atoms in total. The Labute approximate surface area is 197 Å². The molecule has 3 aromatic heterocycles. The number of halogens is 1. The summed E-state index contributed by atoms with van der Waals surface area (Å²) in [7, 11) is 3.98. The van der Waals surface area contributed by atoms with Gasteiger partial charge in [-0.05, 0) is 43.8 Å². The van der Waals surface area contributed by atoms with E-state index in [4.69, 9.17) is 0 Å². The molecule has 5 rings (SSSR count). The summed E-state index contributed by atoms with van der Waals surface area (Å²) in [6.07, 6.45) is 1.16. The summed E-state index contributed by atoms with van der Waals surface area (Å²) in [5.74, 6) is 1.05. The highest BCUT2D eigenvalue weighted by molar-refractivity contribution is 5.92. The molecule has 0 amide bonds. The first kappa shape index (κ1) is 21.9. The molecule has 4 aromatic rings. The van der Waals surface area contributed by atoms with Crippen molar-refractivity contribution in [3.63, 3.8) is 0 Å². The number of hydrogen-bond acceptors (Lipinski definition) is 8. The van der Waals surface area contributed by atoms with Gasteiger partial charge in [0.1, 0.15) is 5.69 Å². The van der Waals surface area contributed by atoms with E-state index in [0.29, 0.717) is 11.4 Å². The standard InChI is InChI=1S/C24H26FN9/c1-15(2)23-17-13-16(5-6-19(17)31-33(23)4)22-18(25)14-26-24(28-22)27-20-7-8-21(30-29-20)34-11-9-32(3)10-12-34/h5-8,13-14H,1,9-12H2,2-4H3,(H,26,27,28,29). The number of hydrogen-bond donors (Lipinski definition) is 1. The molecule has 0 spiro atoms. The van der Waals surface area contributed by atoms with E-state index >= 15 is 0 Å². The first-order valence-corrected chi connectivity index (χ1v) is 11.1. The van der Waals surface area contributed by atoms with E-state index in [0.717, 1.165) is 60.4 Å². The van der Waals surface area contributed by atoms with Crippen LogP contribution in [0, 0.1) is 5.82 Å². The Hall–Kier alpha value is -3.92. The average Bonchev–Trinajstić information content (AvgIpc) is 3.16. The molecule has 0 unspecified atom stereocenters. The molecular weight excluding hydrogens is 433 g/mol. The van der Waals surface area contributed by atoms with Gasteiger partial charge in [-0.15, -0.1) is 10.2 Å². The second kappa shape index (κ2) is 8.79. The molecule has 1 aliphatic heterocycles. The van der Waals surface area contributed by atoms with Gasteiger partial charge >= 0.3 is 0 Å². The number of aryl methyl sites for hydroxylation is 1. The van der Waals surface area contributed by atoms with Crippen molar-refractivity contribution >= 4 is 34.1 Å². The molecule has 1 N–H and O–H groups in total. The van der Waals surface area contributed by atoms with Crippen molar-refractivity contribution in [1.82, 2.24) is 34.8 Å². The highest BCUT2D eigenvalue weighted by Crippen LogP contribution is 2.30. The molecular formula is C24H26FN9. The van der Waals surface area contributed by atoms with E-state index in [1.807, 2.05) is 38.2 Å². The number of nitrogens with zero attached hydrogens (tertiary/aromatic N) is 8. The van der Waals surface area contributed by atoms with Crippen LogP contribution in [0.5, 0.6) is 0 Å². The fourth-order valence-electron chi connectivity index (χ4n) is 4.19. The molecule has 1 aromatic carbocycles. The van der Waals surface area contributed by atoms with Crippen molar-refractivity contribution in [2.75, 3.05) is 43.4 Å². The lowest BCUT2D eigenvalue weighted by atomic mass is 10.1. The highest BCUT2D eigenvalue weighted by atomic mass is 19.1. The molecule has 0 saturated carbocycles. The lowest BCUT2D eigenvalue weighted by molar-refractivity contribution is 0.312. The summed E-state index contributed by atoms with van der Waals surface area (Å²) >= 11 is 0. The predicted molar refractivity (Wildman–Crippen MR) is 131 cm³/mol. The van der Waals surface area contributed by atoms with Crippen molar-refractivity contribution in [1.29, 1.82) is 0 Å². The molecule has 174 valence electrons. The molecule has 0 radical (unpaired) electrons. The minimum atomic E-state index is -0.512. The lowest BCUT2D eigenvalue weighted by Crippen LogP contribution is -2.44. The summed E-state index contributed by atoms with van der Waals surface area (Å²) in [4.78, 5) is 13.0. The maximum atomic E-state index is 14.7. The number of allylic oxidation sites excluding steroid dienone is 1. The number of benzene rings is 1. The fraction of sp³-hybridized carbons (Fsp3) is 0.292. The Morgan fingerprint density at radius 1 is 1.06 bits per heavy atom. The molecule has 0 bridgehead atoms. The van der Waals surface area contributed by atoms with Crippen LogP contribution in [-0.4, -0.2) is 68.1 Å². The zero-order chi connectivity index (χ0) is 23.8. The Balaban J connectivity index is 1.40. The SMILES string of the molecule is C=C(C)c1c2cc(-c3nc(Nc4ccc(N5CCN(C)CC5)nn4)ncc3F)ccc2nn1C. The first-order chi connectivity index (χ1) is 16.4. The summed E-state index contributed by atoms with van der Waals surface area (Å²) in [5.41, 5.74) is 3.42. The second-order valence-corrected chi connectivity index (χ2v) is 8.57. The second-order valence-electron chi connectivity index (χ2n) is 8.57. The van der Waals surface area contributed by atoms with Crippen LogP contribution >= 0.6 is 0 Å². The number of nitrogens with one attached hydrogen (secondary N) is 1. The molecule has 34 heavy (non-hydrogen) atoms. The monoisotopic (exact) mass is 459 g/mol. The van der Waals surface area contributed by atoms with E-state index in [-0.39, 0.29) is 11.6 Å². The van der Waals surface area contributed by atoms with Crippen LogP contribution in [0.15, 0.2) is 43.1 Å². The highest BCUT2D eigenvalue weighted by Gasteiger charge is 2.17. The van der Waals surface area contributed by atoms with Gasteiger partial charge in [0.25, 0.3) is 0 Å². The van der Waals surface area contributed by atoms with Crippen LogP contribution in [0.4, 0.5) is 22.0 Å². The molecule has 4 heterocycles. The van der Waals surface area contributed by atoms with Crippen LogP contribution in [-0.2, 0) is 7.05 Å². The third-order valence-electron chi connectivity index (χ3n) is 5.97. The van der Waals surface area contributed by atoms with Gasteiger partial charge < -0.3 is 15.1 Å². The number of aromatic nitrogens is 6. The molecule has 1 saturated heterocycles. The van der Waals surface area contributed by atoms with Gasteiger partial charge in [-0.2, -0.15) is 5.10 Å². The van der Waals surface area contributed by atoms with Gasteiger partial charge in [-0.1, -0.05) is 12.6 Å². The lowest BCUT2D eigenvalue weighted by Gasteiger charge is -2.32. The quantitative estimate of drug-likeness (QED) is 0.485. The van der Waals surface area contributed by atoms with Crippen molar-refractivity contribution in [3.05, 3.63) is 54.6 Å². The number of piperazine rings is 1. The Bertz CT molecular complexity index is 1360. The predicted octanol–water partition coefficient (Wildman–Crippen LogP) is 3.49. The van der Waals surface area contributed by atoms with E-state index in [9.17, 15) is 4.39 Å². The minimum absolute atomic E-state index is 0.193. The van der Waals surface area contributed by atoms with Gasteiger partial charge in [-0.25, -0.2) is 14.4 Å². The van der Waals surface area contributed by atoms with E-state index in [2.05, 4.69) is 54.0 Å². The number of anilines is 3. The summed E-state index contributed by atoms with van der Waals surface area (Å²) in [6.45, 7) is 9.78. The molecule has 0 atom stereocenters. The number of fused-ring (bicyclic) bond motifs is 1.